The van der Waals surface area contributed by atoms with E-state index in [1.807, 2.05) is 51.1 Å². The van der Waals surface area contributed by atoms with E-state index in [4.69, 9.17) is 29.0 Å². The van der Waals surface area contributed by atoms with Crippen LogP contribution >= 0.6 is 22.6 Å². The van der Waals surface area contributed by atoms with Gasteiger partial charge in [-0.15, -0.1) is 4.72 Å². The van der Waals surface area contributed by atoms with Gasteiger partial charge in [0.2, 0.25) is 0 Å². The van der Waals surface area contributed by atoms with Crippen molar-refractivity contribution >= 4 is 53.2 Å². The Morgan fingerprint density at radius 1 is 1.02 bits per heavy atom. The molecule has 0 aliphatic carbocycles. The number of halogens is 1. The number of benzene rings is 1. The van der Waals surface area contributed by atoms with E-state index in [1.165, 1.54) is 0 Å². The number of fused-ring (bicyclic) bond motifs is 1. The molecule has 0 saturated heterocycles. The summed E-state index contributed by atoms with van der Waals surface area (Å²) in [6.45, 7) is 20.3. The summed E-state index contributed by atoms with van der Waals surface area (Å²) >= 11 is 1.08. The zero-order chi connectivity index (χ0) is 34.6. The number of rotatable bonds is 14. The lowest BCUT2D eigenvalue weighted by molar-refractivity contribution is 0.147. The van der Waals surface area contributed by atoms with Crippen molar-refractivity contribution in [2.24, 2.45) is 0 Å². The topological polar surface area (TPSA) is 119 Å². The molecule has 0 saturated carbocycles. The summed E-state index contributed by atoms with van der Waals surface area (Å²) < 4.78 is 35.2. The van der Waals surface area contributed by atoms with Crippen LogP contribution in [-0.4, -0.2) is 62.7 Å². The minimum Gasteiger partial charge on any atom is -0.598 e. The Kier molecular flexibility index (Phi) is 12.2. The number of methoxy groups -OCH3 is 1. The normalized spacial score (nSPS) is 14.7. The van der Waals surface area contributed by atoms with Gasteiger partial charge in [0, 0.05) is 24.0 Å². The third-order valence-corrected chi connectivity index (χ3v) is 16.2. The van der Waals surface area contributed by atoms with E-state index in [0.29, 0.717) is 31.4 Å². The van der Waals surface area contributed by atoms with Crippen LogP contribution in [0.25, 0.3) is 28.0 Å². The average Bonchev–Trinajstić information content (AvgIpc) is 3.44. The second-order valence-corrected chi connectivity index (χ2v) is 22.8. The van der Waals surface area contributed by atoms with Gasteiger partial charge >= 0.3 is 0 Å². The molecule has 0 aliphatic heterocycles. The van der Waals surface area contributed by atoms with Gasteiger partial charge in [-0.2, -0.15) is 5.10 Å². The Morgan fingerprint density at radius 2 is 1.77 bits per heavy atom. The smallest absolute Gasteiger partial charge is 0.192 e. The van der Waals surface area contributed by atoms with Crippen molar-refractivity contribution in [1.29, 1.82) is 0 Å². The van der Waals surface area contributed by atoms with Crippen LogP contribution in [0, 0.1) is 0 Å². The van der Waals surface area contributed by atoms with Crippen molar-refractivity contribution in [3.05, 3.63) is 60.3 Å². The standard InChI is InChI=1S/C34H49IN6O4SSi/c1-11-15-34(35,40-46(42)32(2,3)4)30-14-12-13-27(39-30)24-18-28-26(29(19-24)44-17-16-43-8)21-37-41(28)31-22-36-20-25(38-31)23-45-47(9,10)33(5,6)7/h12-14,18-22,40H,11,15-17,23H2,1-10H3/t34-,46-/m1/s1. The van der Waals surface area contributed by atoms with Crippen LogP contribution in [0.5, 0.6) is 5.75 Å². The number of nitrogens with one attached hydrogen (secondary N) is 1. The van der Waals surface area contributed by atoms with Crippen LogP contribution in [0.4, 0.5) is 0 Å². The lowest BCUT2D eigenvalue weighted by Crippen LogP contribution is -2.48. The van der Waals surface area contributed by atoms with Crippen molar-refractivity contribution in [2.75, 3.05) is 20.3 Å². The number of ether oxygens (including phenoxy) is 2. The molecule has 0 fully saturated rings. The van der Waals surface area contributed by atoms with Crippen LogP contribution in [0.2, 0.25) is 18.1 Å². The van der Waals surface area contributed by atoms with Crippen molar-refractivity contribution in [3.8, 4) is 22.8 Å². The van der Waals surface area contributed by atoms with E-state index in [0.717, 1.165) is 46.4 Å². The molecule has 3 aromatic heterocycles. The number of nitrogens with zero attached hydrogens (tertiary/aromatic N) is 5. The van der Waals surface area contributed by atoms with Gasteiger partial charge in [-0.3, -0.25) is 4.98 Å². The largest absolute Gasteiger partial charge is 0.598 e. The fourth-order valence-electron chi connectivity index (χ4n) is 4.51. The predicted octanol–water partition coefficient (Wildman–Crippen LogP) is 7.86. The van der Waals surface area contributed by atoms with Gasteiger partial charge in [-0.25, -0.2) is 14.6 Å². The molecule has 1 N–H and O–H groups in total. The number of hydrogen-bond donors (Lipinski definition) is 1. The molecule has 0 unspecified atom stereocenters. The first-order chi connectivity index (χ1) is 22.0. The van der Waals surface area contributed by atoms with Crippen LogP contribution in [0.1, 0.15) is 72.7 Å². The molecule has 3 heterocycles. The maximum absolute atomic E-state index is 13.2. The highest BCUT2D eigenvalue weighted by molar-refractivity contribution is 14.1. The molecule has 2 atom stereocenters. The van der Waals surface area contributed by atoms with Gasteiger partial charge < -0.3 is 18.5 Å². The Balaban J connectivity index is 1.78. The van der Waals surface area contributed by atoms with Crippen molar-refractivity contribution < 1.29 is 18.5 Å². The Hall–Kier alpha value is -2.14. The summed E-state index contributed by atoms with van der Waals surface area (Å²) in [4.78, 5) is 14.5. The highest BCUT2D eigenvalue weighted by atomic mass is 127. The first kappa shape index (κ1) is 37.7. The van der Waals surface area contributed by atoms with E-state index in [1.54, 1.807) is 30.4 Å². The quantitative estimate of drug-likeness (QED) is 0.0340. The van der Waals surface area contributed by atoms with E-state index in [9.17, 15) is 4.55 Å². The first-order valence-corrected chi connectivity index (χ1v) is 21.1. The summed E-state index contributed by atoms with van der Waals surface area (Å²) in [6.07, 6.45) is 6.89. The van der Waals surface area contributed by atoms with Gasteiger partial charge in [0.15, 0.2) is 17.7 Å². The maximum atomic E-state index is 13.2. The summed E-state index contributed by atoms with van der Waals surface area (Å²) in [5, 5.41) is 5.64. The third kappa shape index (κ3) is 9.11. The van der Waals surface area contributed by atoms with Crippen LogP contribution in [0.3, 0.4) is 0 Å². The van der Waals surface area contributed by atoms with Crippen molar-refractivity contribution in [1.82, 2.24) is 29.5 Å². The molecule has 0 radical (unpaired) electrons. The number of aromatic nitrogens is 5. The first-order valence-electron chi connectivity index (χ1n) is 15.9. The molecule has 256 valence electrons. The van der Waals surface area contributed by atoms with E-state index in [-0.39, 0.29) is 5.04 Å². The molecular formula is C34H49IN6O4SSi. The van der Waals surface area contributed by atoms with Crippen molar-refractivity contribution in [2.45, 2.75) is 94.3 Å². The molecule has 0 spiro atoms. The van der Waals surface area contributed by atoms with Gasteiger partial charge in [0.25, 0.3) is 0 Å². The van der Waals surface area contributed by atoms with E-state index >= 15 is 0 Å². The van der Waals surface area contributed by atoms with Gasteiger partial charge in [-0.05, 0) is 92.2 Å². The molecule has 13 heteroatoms. The highest BCUT2D eigenvalue weighted by Crippen LogP contribution is 2.39. The molecule has 0 aliphatic rings. The maximum Gasteiger partial charge on any atom is 0.192 e. The zero-order valence-electron chi connectivity index (χ0n) is 29.3. The lowest BCUT2D eigenvalue weighted by Gasteiger charge is -2.36. The molecule has 0 amide bonds. The summed E-state index contributed by atoms with van der Waals surface area (Å²) in [5.41, 5.74) is 3.97. The van der Waals surface area contributed by atoms with Crippen molar-refractivity contribution in [3.63, 3.8) is 0 Å². The molecule has 1 aromatic carbocycles. The van der Waals surface area contributed by atoms with Crippen LogP contribution < -0.4 is 9.46 Å². The Morgan fingerprint density at radius 3 is 2.43 bits per heavy atom. The van der Waals surface area contributed by atoms with E-state index < -0.39 is 28.0 Å². The SMILES string of the molecule is CCC[C@@](I)(N[S@+]([O-])C(C)(C)C)c1cccc(-c2cc(OCCOC)c3cnn(-c4cncc(CO[Si](C)(C)C(C)(C)C)n4)c3c2)n1. The minimum absolute atomic E-state index is 0.0877. The third-order valence-electron chi connectivity index (χ3n) is 8.33. The average molecular weight is 793 g/mol. The molecule has 0 bridgehead atoms. The fraction of sp³-hybridized carbons (Fsp3) is 0.529. The van der Waals surface area contributed by atoms with Gasteiger partial charge in [-0.1, -0.05) is 40.2 Å². The molecule has 4 aromatic rings. The Bertz CT molecular complexity index is 1660. The molecule has 10 nitrogen and oxygen atoms in total. The minimum atomic E-state index is -1.97. The monoisotopic (exact) mass is 792 g/mol. The van der Waals surface area contributed by atoms with Crippen LogP contribution in [-0.2, 0) is 30.7 Å². The predicted molar refractivity (Wildman–Crippen MR) is 201 cm³/mol. The van der Waals surface area contributed by atoms with Gasteiger partial charge in [0.05, 0.1) is 59.8 Å². The number of hydrogen-bond acceptors (Lipinski definition) is 9. The summed E-state index contributed by atoms with van der Waals surface area (Å²) in [7, 11) is -0.322. The lowest BCUT2D eigenvalue weighted by atomic mass is 10.1. The Labute approximate surface area is 297 Å². The zero-order valence-corrected chi connectivity index (χ0v) is 33.3. The van der Waals surface area contributed by atoms with E-state index in [2.05, 4.69) is 73.1 Å². The highest BCUT2D eigenvalue weighted by Gasteiger charge is 2.39. The fourth-order valence-corrected chi connectivity index (χ4v) is 7.70. The number of alkyl halides is 1. The summed E-state index contributed by atoms with van der Waals surface area (Å²) in [6, 6.07) is 10.00. The molecule has 4 rings (SSSR count). The van der Waals surface area contributed by atoms with Gasteiger partial charge in [0.1, 0.15) is 17.1 Å². The van der Waals surface area contributed by atoms with Crippen LogP contribution in [0.15, 0.2) is 48.9 Å². The molecule has 47 heavy (non-hydrogen) atoms. The summed E-state index contributed by atoms with van der Waals surface area (Å²) in [5.74, 6) is 1.25. The number of pyridine rings is 1. The second-order valence-electron chi connectivity index (χ2n) is 14.2. The molecular weight excluding hydrogens is 743 g/mol. The second kappa shape index (κ2) is 15.2.